The monoisotopic (exact) mass is 425 g/mol. The van der Waals surface area contributed by atoms with Crippen molar-refractivity contribution in [3.63, 3.8) is 0 Å². The van der Waals surface area contributed by atoms with Crippen LogP contribution in [-0.2, 0) is 22.7 Å². The predicted octanol–water partition coefficient (Wildman–Crippen LogP) is 0.445. The van der Waals surface area contributed by atoms with Gasteiger partial charge in [0.05, 0.1) is 0 Å². The maximum Gasteiger partial charge on any atom is 0.255 e. The number of piperidine rings is 2. The molecule has 0 aromatic heterocycles. The van der Waals surface area contributed by atoms with Gasteiger partial charge in [0.15, 0.2) is 0 Å². The van der Waals surface area contributed by atoms with Crippen LogP contribution in [0.4, 0.5) is 0 Å². The van der Waals surface area contributed by atoms with Gasteiger partial charge in [-0.2, -0.15) is 0 Å². The van der Waals surface area contributed by atoms with E-state index in [0.717, 1.165) is 50.3 Å². The molecule has 1 aromatic rings. The van der Waals surface area contributed by atoms with Gasteiger partial charge in [-0.25, -0.2) is 0 Å². The summed E-state index contributed by atoms with van der Waals surface area (Å²) in [7, 11) is 0. The average molecular weight is 426 g/mol. The van der Waals surface area contributed by atoms with Crippen LogP contribution in [-0.4, -0.2) is 76.7 Å². The number of carbonyl (C=O) groups excluding carboxylic acids is 3. The van der Waals surface area contributed by atoms with E-state index in [1.165, 1.54) is 12.8 Å². The molecule has 4 heterocycles. The number of imide groups is 1. The zero-order chi connectivity index (χ0) is 21.5. The highest BCUT2D eigenvalue weighted by molar-refractivity contribution is 6.05. The highest BCUT2D eigenvalue weighted by Crippen LogP contribution is 2.29. The zero-order valence-electron chi connectivity index (χ0n) is 17.9. The van der Waals surface area contributed by atoms with Gasteiger partial charge in [0.25, 0.3) is 5.91 Å². The molecule has 2 atom stereocenters. The highest BCUT2D eigenvalue weighted by Gasteiger charge is 2.39. The molecule has 0 radical (unpaired) electrons. The maximum atomic E-state index is 13.0. The van der Waals surface area contributed by atoms with Crippen molar-refractivity contribution in [3.8, 4) is 0 Å². The molecule has 0 bridgehead atoms. The van der Waals surface area contributed by atoms with Gasteiger partial charge in [0.2, 0.25) is 11.8 Å². The van der Waals surface area contributed by atoms with E-state index < -0.39 is 6.04 Å². The third-order valence-corrected chi connectivity index (χ3v) is 7.33. The summed E-state index contributed by atoms with van der Waals surface area (Å²) < 4.78 is 0. The smallest absolute Gasteiger partial charge is 0.255 e. The van der Waals surface area contributed by atoms with Crippen molar-refractivity contribution >= 4 is 17.7 Å². The van der Waals surface area contributed by atoms with Crippen LogP contribution in [0, 0.1) is 0 Å². The van der Waals surface area contributed by atoms with Crippen LogP contribution >= 0.6 is 0 Å². The Kier molecular flexibility index (Phi) is 5.54. The fraction of sp³-hybridized carbons (Fsp3) is 0.609. The minimum absolute atomic E-state index is 0.101. The minimum atomic E-state index is -0.557. The minimum Gasteiger partial charge on any atom is -0.326 e. The van der Waals surface area contributed by atoms with Crippen molar-refractivity contribution in [2.45, 2.75) is 63.3 Å². The average Bonchev–Trinajstić information content (AvgIpc) is 3.32. The lowest BCUT2D eigenvalue weighted by Crippen LogP contribution is -2.52. The van der Waals surface area contributed by atoms with E-state index in [0.29, 0.717) is 30.6 Å². The Balaban J connectivity index is 1.19. The van der Waals surface area contributed by atoms with Crippen LogP contribution in [0.25, 0.3) is 0 Å². The van der Waals surface area contributed by atoms with E-state index in [1.54, 1.807) is 4.90 Å². The van der Waals surface area contributed by atoms with Gasteiger partial charge in [-0.1, -0.05) is 12.1 Å². The van der Waals surface area contributed by atoms with E-state index in [2.05, 4.69) is 21.2 Å². The fourth-order valence-corrected chi connectivity index (χ4v) is 5.55. The van der Waals surface area contributed by atoms with Crippen LogP contribution in [0.2, 0.25) is 0 Å². The van der Waals surface area contributed by atoms with Gasteiger partial charge in [-0.05, 0) is 56.0 Å². The van der Waals surface area contributed by atoms with Gasteiger partial charge in [-0.15, -0.1) is 0 Å². The first-order chi connectivity index (χ1) is 15.0. The SMILES string of the molecule is N[C@@H]1CCN(C2CCN(Cc3ccc4c(c3)C(=O)N(C3CCC(=O)NC3=O)C4)CC2)C1. The van der Waals surface area contributed by atoms with E-state index in [4.69, 9.17) is 5.73 Å². The van der Waals surface area contributed by atoms with E-state index in [1.807, 2.05) is 12.1 Å². The fourth-order valence-electron chi connectivity index (χ4n) is 5.55. The summed E-state index contributed by atoms with van der Waals surface area (Å²) in [6.07, 6.45) is 4.12. The number of hydrogen-bond acceptors (Lipinski definition) is 6. The number of benzene rings is 1. The standard InChI is InChI=1S/C23H31N5O3/c24-17-5-10-27(14-17)18-6-8-26(9-7-18)12-15-1-2-16-13-28(23(31)19(16)11-15)20-3-4-21(29)25-22(20)30/h1-2,11,17-18,20H,3-10,12-14,24H2,(H,25,29,30)/t17-,20?/m1/s1. The molecule has 3 fully saturated rings. The van der Waals surface area contributed by atoms with Gasteiger partial charge in [0, 0.05) is 50.2 Å². The molecular formula is C23H31N5O3. The molecule has 3 N–H and O–H groups in total. The first-order valence-electron chi connectivity index (χ1n) is 11.5. The van der Waals surface area contributed by atoms with Crippen molar-refractivity contribution in [3.05, 3.63) is 34.9 Å². The largest absolute Gasteiger partial charge is 0.326 e. The Morgan fingerprint density at radius 2 is 1.84 bits per heavy atom. The molecule has 8 nitrogen and oxygen atoms in total. The summed E-state index contributed by atoms with van der Waals surface area (Å²) >= 11 is 0. The highest BCUT2D eigenvalue weighted by atomic mass is 16.2. The Morgan fingerprint density at radius 1 is 1.03 bits per heavy atom. The molecule has 4 aliphatic heterocycles. The van der Waals surface area contributed by atoms with Crippen molar-refractivity contribution < 1.29 is 14.4 Å². The second-order valence-corrected chi connectivity index (χ2v) is 9.44. The number of nitrogens with one attached hydrogen (secondary N) is 1. The molecule has 1 aromatic carbocycles. The molecule has 3 amide bonds. The van der Waals surface area contributed by atoms with Crippen LogP contribution < -0.4 is 11.1 Å². The molecule has 0 spiro atoms. The molecule has 0 saturated carbocycles. The second kappa shape index (κ2) is 8.33. The number of fused-ring (bicyclic) bond motifs is 1. The molecule has 166 valence electrons. The predicted molar refractivity (Wildman–Crippen MR) is 115 cm³/mol. The maximum absolute atomic E-state index is 13.0. The number of rotatable bonds is 4. The van der Waals surface area contributed by atoms with Gasteiger partial charge >= 0.3 is 0 Å². The van der Waals surface area contributed by atoms with Gasteiger partial charge in [-0.3, -0.25) is 29.5 Å². The number of nitrogens with two attached hydrogens (primary N) is 1. The number of amides is 3. The van der Waals surface area contributed by atoms with Crippen LogP contribution in [0.3, 0.4) is 0 Å². The lowest BCUT2D eigenvalue weighted by molar-refractivity contribution is -0.136. The summed E-state index contributed by atoms with van der Waals surface area (Å²) in [5.74, 6) is -0.723. The summed E-state index contributed by atoms with van der Waals surface area (Å²) in [5, 5.41) is 2.36. The summed E-state index contributed by atoms with van der Waals surface area (Å²) in [4.78, 5) is 43.3. The third-order valence-electron chi connectivity index (χ3n) is 7.33. The summed E-state index contributed by atoms with van der Waals surface area (Å²) in [6, 6.07) is 6.54. The molecule has 0 aliphatic carbocycles. The number of nitrogens with zero attached hydrogens (tertiary/aromatic N) is 3. The Hall–Kier alpha value is -2.29. The van der Waals surface area contributed by atoms with Crippen molar-refractivity contribution in [2.75, 3.05) is 26.2 Å². The first-order valence-corrected chi connectivity index (χ1v) is 11.5. The number of carbonyl (C=O) groups is 3. The lowest BCUT2D eigenvalue weighted by Gasteiger charge is -2.36. The first kappa shape index (κ1) is 20.6. The lowest BCUT2D eigenvalue weighted by atomic mass is 10.0. The van der Waals surface area contributed by atoms with E-state index >= 15 is 0 Å². The number of likely N-dealkylation sites (tertiary alicyclic amines) is 2. The van der Waals surface area contributed by atoms with Crippen LogP contribution in [0.1, 0.15) is 53.6 Å². The summed E-state index contributed by atoms with van der Waals surface area (Å²) in [6.45, 7) is 5.55. The molecule has 8 heteroatoms. The van der Waals surface area contributed by atoms with Gasteiger partial charge in [0.1, 0.15) is 6.04 Å². The second-order valence-electron chi connectivity index (χ2n) is 9.44. The molecule has 1 unspecified atom stereocenters. The van der Waals surface area contributed by atoms with Crippen molar-refractivity contribution in [1.29, 1.82) is 0 Å². The summed E-state index contributed by atoms with van der Waals surface area (Å²) in [5.41, 5.74) is 8.86. The molecular weight excluding hydrogens is 394 g/mol. The molecule has 31 heavy (non-hydrogen) atoms. The Morgan fingerprint density at radius 3 is 2.55 bits per heavy atom. The normalized spacial score (nSPS) is 28.3. The molecule has 3 saturated heterocycles. The Bertz CT molecular complexity index is 895. The quantitative estimate of drug-likeness (QED) is 0.680. The number of hydrogen-bond donors (Lipinski definition) is 2. The van der Waals surface area contributed by atoms with Crippen molar-refractivity contribution in [2.24, 2.45) is 5.73 Å². The van der Waals surface area contributed by atoms with E-state index in [9.17, 15) is 14.4 Å². The van der Waals surface area contributed by atoms with E-state index in [-0.39, 0.29) is 24.1 Å². The van der Waals surface area contributed by atoms with Gasteiger partial charge < -0.3 is 10.6 Å². The molecule has 5 rings (SSSR count). The van der Waals surface area contributed by atoms with Crippen molar-refractivity contribution in [1.82, 2.24) is 20.0 Å². The Labute approximate surface area is 182 Å². The topological polar surface area (TPSA) is 99.0 Å². The third kappa shape index (κ3) is 4.12. The van der Waals surface area contributed by atoms with Crippen LogP contribution in [0.15, 0.2) is 18.2 Å². The molecule has 4 aliphatic rings. The zero-order valence-corrected chi connectivity index (χ0v) is 17.9. The van der Waals surface area contributed by atoms with Crippen LogP contribution in [0.5, 0.6) is 0 Å².